The molecule has 80 valence electrons. The summed E-state index contributed by atoms with van der Waals surface area (Å²) in [6.45, 7) is 0. The van der Waals surface area contributed by atoms with Crippen LogP contribution in [0.5, 0.6) is 0 Å². The molecule has 0 heterocycles. The van der Waals surface area contributed by atoms with Crippen LogP contribution >= 0.6 is 0 Å². The normalized spacial score (nSPS) is 32.0. The van der Waals surface area contributed by atoms with E-state index < -0.39 is 0 Å². The summed E-state index contributed by atoms with van der Waals surface area (Å²) in [6.07, 6.45) is 32.0. The Morgan fingerprint density at radius 3 is 0.250 bits per heavy atom. The second kappa shape index (κ2) is 9.47. The Morgan fingerprint density at radius 1 is 0.125 bits per heavy atom. The lowest BCUT2D eigenvalue weighted by Crippen LogP contribution is -1.55. The highest BCUT2D eigenvalue weighted by Crippen LogP contribution is 1.88. The fourth-order valence-electron chi connectivity index (χ4n) is 1.03. The van der Waals surface area contributed by atoms with Crippen LogP contribution in [0.2, 0.25) is 0 Å². The maximum absolute atomic E-state index is 2.00. The van der Waals surface area contributed by atoms with Crippen LogP contribution in [0.4, 0.5) is 0 Å². The molecule has 0 aromatic heterocycles. The molecule has 0 N–H and O–H groups in total. The summed E-state index contributed by atoms with van der Waals surface area (Å²) in [4.78, 5) is 0. The largest absolute Gasteiger partial charge is 0.0623 e. The van der Waals surface area contributed by atoms with Crippen molar-refractivity contribution >= 4 is 0 Å². The first-order chi connectivity index (χ1) is 8.00. The van der Waals surface area contributed by atoms with Crippen molar-refractivity contribution in [3.8, 4) is 0 Å². The van der Waals surface area contributed by atoms with Gasteiger partial charge in [0.25, 0.3) is 0 Å². The lowest BCUT2D eigenvalue weighted by Gasteiger charge is -1.77. The van der Waals surface area contributed by atoms with E-state index in [0.717, 1.165) is 0 Å². The lowest BCUT2D eigenvalue weighted by molar-refractivity contribution is 1.81. The first kappa shape index (κ1) is 12.0. The Morgan fingerprint density at radius 2 is 0.188 bits per heavy atom. The van der Waals surface area contributed by atoms with E-state index in [1.165, 1.54) is 0 Å². The molecule has 0 saturated heterocycles. The van der Waals surface area contributed by atoms with Gasteiger partial charge < -0.3 is 0 Å². The Hall–Kier alpha value is -2.08. The van der Waals surface area contributed by atoms with Crippen LogP contribution in [0.1, 0.15) is 0 Å². The Balaban J connectivity index is 2.67. The molecule has 1 rings (SSSR count). The summed E-state index contributed by atoms with van der Waals surface area (Å²) in [6, 6.07) is 0. The third-order valence-corrected chi connectivity index (χ3v) is 1.78. The zero-order chi connectivity index (χ0) is 11.3. The summed E-state index contributed by atoms with van der Waals surface area (Å²) >= 11 is 0. The quantitative estimate of drug-likeness (QED) is 0.551. The van der Waals surface area contributed by atoms with Gasteiger partial charge in [-0.2, -0.15) is 0 Å². The summed E-state index contributed by atoms with van der Waals surface area (Å²) in [5, 5.41) is 0. The second-order valence-electron chi connectivity index (χ2n) is 3.08. The van der Waals surface area contributed by atoms with Crippen LogP contribution in [-0.4, -0.2) is 0 Å². The molecule has 0 aliphatic heterocycles. The monoisotopic (exact) mass is 208 g/mol. The Kier molecular flexibility index (Phi) is 7.10. The van der Waals surface area contributed by atoms with Crippen LogP contribution in [0.3, 0.4) is 0 Å². The van der Waals surface area contributed by atoms with Gasteiger partial charge in [0.1, 0.15) is 0 Å². The van der Waals surface area contributed by atoms with E-state index in [0.29, 0.717) is 0 Å². The van der Waals surface area contributed by atoms with E-state index in [1.807, 2.05) is 97.2 Å². The predicted molar refractivity (Wildman–Crippen MR) is 73.1 cm³/mol. The lowest BCUT2D eigenvalue weighted by atomic mass is 10.3. The van der Waals surface area contributed by atoms with Gasteiger partial charge in [-0.3, -0.25) is 0 Å². The van der Waals surface area contributed by atoms with Gasteiger partial charge >= 0.3 is 0 Å². The van der Waals surface area contributed by atoms with Crippen LogP contribution in [0, 0.1) is 0 Å². The van der Waals surface area contributed by atoms with Gasteiger partial charge in [0.05, 0.1) is 0 Å². The fourth-order valence-corrected chi connectivity index (χ4v) is 1.03. The van der Waals surface area contributed by atoms with Gasteiger partial charge in [0, 0.05) is 0 Å². The summed E-state index contributed by atoms with van der Waals surface area (Å²) in [5.74, 6) is 0. The van der Waals surface area contributed by atoms with E-state index in [2.05, 4.69) is 0 Å². The van der Waals surface area contributed by atoms with Crippen molar-refractivity contribution in [3.05, 3.63) is 97.2 Å². The van der Waals surface area contributed by atoms with E-state index in [4.69, 9.17) is 0 Å². The average Bonchev–Trinajstić information content (AvgIpc) is 2.29. The third-order valence-electron chi connectivity index (χ3n) is 1.78. The van der Waals surface area contributed by atoms with Crippen LogP contribution in [0.25, 0.3) is 0 Å². The van der Waals surface area contributed by atoms with E-state index in [-0.39, 0.29) is 0 Å². The standard InChI is InChI=1S/C16H16/c1-2-4-6-8-10-12-14-16-15-13-11-9-7-5-3-1/h1-16H/b2-1-,3-1?,4-2?,5-3-,6-4-,7-5?,8-6?,9-7-,10-8-,11-9?,12-10?,13-11-,14-12-,15-13?,16-14?,16-15-. The molecule has 16 heavy (non-hydrogen) atoms. The molecule has 0 radical (unpaired) electrons. The van der Waals surface area contributed by atoms with E-state index in [1.54, 1.807) is 0 Å². The van der Waals surface area contributed by atoms with Crippen molar-refractivity contribution in [1.82, 2.24) is 0 Å². The minimum Gasteiger partial charge on any atom is -0.0623 e. The molecule has 0 nitrogen and oxygen atoms in total. The zero-order valence-corrected chi connectivity index (χ0v) is 9.24. The molecule has 0 aromatic carbocycles. The maximum atomic E-state index is 2.00. The molecule has 1 aliphatic carbocycles. The molecular formula is C16H16. The maximum Gasteiger partial charge on any atom is -0.0623 e. The molecular weight excluding hydrogens is 192 g/mol. The zero-order valence-electron chi connectivity index (χ0n) is 9.24. The van der Waals surface area contributed by atoms with Gasteiger partial charge in [-0.25, -0.2) is 0 Å². The van der Waals surface area contributed by atoms with Gasteiger partial charge in [-0.1, -0.05) is 97.2 Å². The number of allylic oxidation sites excluding steroid dienone is 16. The van der Waals surface area contributed by atoms with Crippen molar-refractivity contribution in [2.45, 2.75) is 0 Å². The van der Waals surface area contributed by atoms with Gasteiger partial charge in [-0.05, 0) is 0 Å². The Labute approximate surface area is 97.7 Å². The summed E-state index contributed by atoms with van der Waals surface area (Å²) < 4.78 is 0. The molecule has 0 saturated carbocycles. The fraction of sp³-hybridized carbons (Fsp3) is 0. The minimum atomic E-state index is 2.00. The number of hydrogen-bond donors (Lipinski definition) is 0. The highest BCUT2D eigenvalue weighted by molar-refractivity contribution is 5.23. The molecule has 0 aromatic rings. The topological polar surface area (TPSA) is 0 Å². The first-order valence-corrected chi connectivity index (χ1v) is 5.33. The van der Waals surface area contributed by atoms with Gasteiger partial charge in [-0.15, -0.1) is 0 Å². The highest BCUT2D eigenvalue weighted by atomic mass is 13.7. The smallest absolute Gasteiger partial charge is 0.0623 e. The van der Waals surface area contributed by atoms with Gasteiger partial charge in [0.15, 0.2) is 0 Å². The van der Waals surface area contributed by atoms with Crippen LogP contribution < -0.4 is 0 Å². The van der Waals surface area contributed by atoms with Crippen molar-refractivity contribution in [3.63, 3.8) is 0 Å². The molecule has 0 bridgehead atoms. The van der Waals surface area contributed by atoms with Crippen LogP contribution in [0.15, 0.2) is 97.2 Å². The van der Waals surface area contributed by atoms with Crippen molar-refractivity contribution in [2.24, 2.45) is 0 Å². The van der Waals surface area contributed by atoms with Crippen molar-refractivity contribution in [2.75, 3.05) is 0 Å². The molecule has 0 atom stereocenters. The Bertz CT molecular complexity index is 242. The molecule has 0 fully saturated rings. The number of rotatable bonds is 0. The average molecular weight is 208 g/mol. The third kappa shape index (κ3) is 7.34. The number of hydrogen-bond acceptors (Lipinski definition) is 0. The highest BCUT2D eigenvalue weighted by Gasteiger charge is 1.66. The molecule has 0 amide bonds. The van der Waals surface area contributed by atoms with E-state index in [9.17, 15) is 0 Å². The van der Waals surface area contributed by atoms with Gasteiger partial charge in [0.2, 0.25) is 0 Å². The van der Waals surface area contributed by atoms with Crippen molar-refractivity contribution < 1.29 is 0 Å². The minimum absolute atomic E-state index is 2.00. The first-order valence-electron chi connectivity index (χ1n) is 5.33. The van der Waals surface area contributed by atoms with Crippen LogP contribution in [-0.2, 0) is 0 Å². The molecule has 1 aliphatic rings. The van der Waals surface area contributed by atoms with Crippen molar-refractivity contribution in [1.29, 1.82) is 0 Å². The molecule has 0 heteroatoms. The second-order valence-corrected chi connectivity index (χ2v) is 3.08. The summed E-state index contributed by atoms with van der Waals surface area (Å²) in [5.41, 5.74) is 0. The SMILES string of the molecule is C1=C\C=C/C=C\C=C/C=C\C=C/C=C\C=C/1. The predicted octanol–water partition coefficient (Wildman–Crippen LogP) is 4.45. The molecule has 0 spiro atoms. The summed E-state index contributed by atoms with van der Waals surface area (Å²) in [7, 11) is 0. The molecule has 0 unspecified atom stereocenters. The van der Waals surface area contributed by atoms with E-state index >= 15 is 0 Å².